The number of allylic oxidation sites excluding steroid dienone is 10. The fraction of sp³-hybridized carbons (Fsp3) is 0.200. The van der Waals surface area contributed by atoms with Gasteiger partial charge in [0.15, 0.2) is 0 Å². The van der Waals surface area contributed by atoms with Crippen LogP contribution in [0, 0.1) is 17.8 Å². The van der Waals surface area contributed by atoms with Gasteiger partial charge in [-0.1, -0.05) is 85.0 Å². The molecule has 35 heavy (non-hydrogen) atoms. The molecule has 4 unspecified atom stereocenters. The van der Waals surface area contributed by atoms with Crippen molar-refractivity contribution in [3.8, 4) is 0 Å². The van der Waals surface area contributed by atoms with Gasteiger partial charge in [-0.2, -0.15) is 0 Å². The quantitative estimate of drug-likeness (QED) is 0.324. The van der Waals surface area contributed by atoms with Crippen LogP contribution in [0.15, 0.2) is 84.5 Å². The molecule has 0 saturated carbocycles. The fourth-order valence-corrected chi connectivity index (χ4v) is 8.32. The molecule has 0 nitrogen and oxygen atoms in total. The largest absolute Gasteiger partial charge is 0.0836 e. The van der Waals surface area contributed by atoms with Crippen LogP contribution >= 0.6 is 0 Å². The Hall–Kier alpha value is -3.64. The van der Waals surface area contributed by atoms with Gasteiger partial charge in [-0.15, -0.1) is 0 Å². The van der Waals surface area contributed by atoms with Gasteiger partial charge in [-0.05, 0) is 104 Å². The molecule has 3 aromatic rings. The lowest BCUT2D eigenvalue weighted by molar-refractivity contribution is 0.375. The van der Waals surface area contributed by atoms with Gasteiger partial charge in [0.05, 0.1) is 0 Å². The monoisotopic (exact) mass is 446 g/mol. The maximum Gasteiger partial charge on any atom is 0.0173 e. The third-order valence-electron chi connectivity index (χ3n) is 9.74. The summed E-state index contributed by atoms with van der Waals surface area (Å²) in [6.45, 7) is 2.34. The first kappa shape index (κ1) is 18.7. The summed E-state index contributed by atoms with van der Waals surface area (Å²) >= 11 is 0. The summed E-state index contributed by atoms with van der Waals surface area (Å²) in [4.78, 5) is 0. The summed E-state index contributed by atoms with van der Waals surface area (Å²) in [5.74, 6) is 1.94. The molecule has 0 heteroatoms. The summed E-state index contributed by atoms with van der Waals surface area (Å²) in [6.07, 6.45) is 22.0. The van der Waals surface area contributed by atoms with Gasteiger partial charge in [0, 0.05) is 17.8 Å². The Morgan fingerprint density at radius 3 is 2.66 bits per heavy atom. The second-order valence-corrected chi connectivity index (χ2v) is 11.1. The minimum Gasteiger partial charge on any atom is -0.0836 e. The van der Waals surface area contributed by atoms with Crippen molar-refractivity contribution >= 4 is 39.6 Å². The Bertz CT molecular complexity index is 1710. The van der Waals surface area contributed by atoms with Gasteiger partial charge in [0.1, 0.15) is 0 Å². The van der Waals surface area contributed by atoms with Gasteiger partial charge in [-0.3, -0.25) is 0 Å². The van der Waals surface area contributed by atoms with Gasteiger partial charge >= 0.3 is 0 Å². The van der Waals surface area contributed by atoms with Crippen molar-refractivity contribution in [1.82, 2.24) is 0 Å². The first-order chi connectivity index (χ1) is 17.3. The number of benzene rings is 3. The van der Waals surface area contributed by atoms with E-state index >= 15 is 0 Å². The molecule has 166 valence electrons. The zero-order valence-corrected chi connectivity index (χ0v) is 19.9. The Morgan fingerprint density at radius 2 is 1.71 bits per heavy atom. The van der Waals surface area contributed by atoms with Crippen LogP contribution in [0.25, 0.3) is 39.6 Å². The summed E-state index contributed by atoms with van der Waals surface area (Å²) in [6, 6.07) is 16.3. The summed E-state index contributed by atoms with van der Waals surface area (Å²) in [5.41, 5.74) is 16.5. The molecule has 6 aliphatic rings. The maximum absolute atomic E-state index is 2.56. The average Bonchev–Trinajstić information content (AvgIpc) is 2.92. The minimum absolute atomic E-state index is 0.454. The zero-order chi connectivity index (χ0) is 22.8. The molecule has 0 saturated heterocycles. The van der Waals surface area contributed by atoms with Crippen LogP contribution in [0.4, 0.5) is 0 Å². The molecule has 3 aromatic carbocycles. The van der Waals surface area contributed by atoms with E-state index in [1.54, 1.807) is 16.7 Å². The highest BCUT2D eigenvalue weighted by Gasteiger charge is 2.49. The van der Waals surface area contributed by atoms with Crippen molar-refractivity contribution in [3.05, 3.63) is 123 Å². The summed E-state index contributed by atoms with van der Waals surface area (Å²) in [5, 5.41) is 2.94. The Labute approximate surface area is 206 Å². The SMILES string of the molecule is CC1=C2C=CC3C4C=Cc5c6c(cc7ccc(c4c57)C4=CC=C(c5ccccc51)C2C43)C=CCC6. The van der Waals surface area contributed by atoms with E-state index in [1.165, 1.54) is 55.3 Å². The molecule has 9 rings (SSSR count). The highest BCUT2D eigenvalue weighted by atomic mass is 14.5. The molecule has 0 heterocycles. The second kappa shape index (κ2) is 6.32. The van der Waals surface area contributed by atoms with Gasteiger partial charge < -0.3 is 0 Å². The minimum atomic E-state index is 0.454. The highest BCUT2D eigenvalue weighted by molar-refractivity contribution is 6.04. The molecule has 0 aliphatic heterocycles. The molecule has 0 amide bonds. The number of hydrogen-bond acceptors (Lipinski definition) is 0. The van der Waals surface area contributed by atoms with Gasteiger partial charge in [-0.25, -0.2) is 0 Å². The van der Waals surface area contributed by atoms with E-state index in [0.717, 1.165) is 12.8 Å². The molecule has 0 aromatic heterocycles. The Balaban J connectivity index is 1.36. The van der Waals surface area contributed by atoms with E-state index in [-0.39, 0.29) is 0 Å². The topological polar surface area (TPSA) is 0 Å². The second-order valence-electron chi connectivity index (χ2n) is 11.1. The van der Waals surface area contributed by atoms with Gasteiger partial charge in [0.25, 0.3) is 0 Å². The van der Waals surface area contributed by atoms with Crippen LogP contribution in [-0.2, 0) is 6.42 Å². The van der Waals surface area contributed by atoms with Crippen LogP contribution in [0.5, 0.6) is 0 Å². The van der Waals surface area contributed by atoms with Crippen molar-refractivity contribution in [1.29, 1.82) is 0 Å². The molecular weight excluding hydrogens is 420 g/mol. The van der Waals surface area contributed by atoms with Crippen molar-refractivity contribution in [2.24, 2.45) is 17.8 Å². The normalized spacial score (nSPS) is 27.8. The smallest absolute Gasteiger partial charge is 0.0173 e. The summed E-state index contributed by atoms with van der Waals surface area (Å²) in [7, 11) is 0. The third kappa shape index (κ3) is 2.16. The van der Waals surface area contributed by atoms with E-state index in [0.29, 0.717) is 23.7 Å². The molecule has 0 radical (unpaired) electrons. The Morgan fingerprint density at radius 1 is 0.829 bits per heavy atom. The molecule has 4 atom stereocenters. The third-order valence-corrected chi connectivity index (χ3v) is 9.74. The van der Waals surface area contributed by atoms with E-state index in [1.807, 2.05) is 0 Å². The van der Waals surface area contributed by atoms with Crippen molar-refractivity contribution in [2.45, 2.75) is 25.7 Å². The molecular formula is C35H26. The van der Waals surface area contributed by atoms with Crippen molar-refractivity contribution in [2.75, 3.05) is 0 Å². The lowest BCUT2D eigenvalue weighted by Crippen LogP contribution is -2.38. The Kier molecular flexibility index (Phi) is 3.37. The maximum atomic E-state index is 2.56. The molecule has 0 bridgehead atoms. The van der Waals surface area contributed by atoms with Crippen LogP contribution in [0.2, 0.25) is 0 Å². The van der Waals surface area contributed by atoms with E-state index in [4.69, 9.17) is 0 Å². The van der Waals surface area contributed by atoms with Gasteiger partial charge in [0.2, 0.25) is 0 Å². The number of hydrogen-bond donors (Lipinski definition) is 0. The molecule has 0 N–H and O–H groups in total. The van der Waals surface area contributed by atoms with E-state index in [2.05, 4.69) is 98.0 Å². The van der Waals surface area contributed by atoms with Crippen LogP contribution in [0.1, 0.15) is 58.2 Å². The fourth-order valence-electron chi connectivity index (χ4n) is 8.32. The summed E-state index contributed by atoms with van der Waals surface area (Å²) < 4.78 is 0. The average molecular weight is 447 g/mol. The van der Waals surface area contributed by atoms with Crippen LogP contribution < -0.4 is 0 Å². The predicted octanol–water partition coefficient (Wildman–Crippen LogP) is 8.61. The molecule has 6 aliphatic carbocycles. The first-order valence-electron chi connectivity index (χ1n) is 13.2. The van der Waals surface area contributed by atoms with Crippen LogP contribution in [0.3, 0.4) is 0 Å². The number of fused-ring (bicyclic) bond motifs is 6. The predicted molar refractivity (Wildman–Crippen MR) is 148 cm³/mol. The lowest BCUT2D eigenvalue weighted by Gasteiger charge is -2.50. The van der Waals surface area contributed by atoms with Crippen LogP contribution in [-0.4, -0.2) is 0 Å². The van der Waals surface area contributed by atoms with E-state index in [9.17, 15) is 0 Å². The lowest BCUT2D eigenvalue weighted by atomic mass is 9.53. The zero-order valence-electron chi connectivity index (χ0n) is 19.9. The van der Waals surface area contributed by atoms with E-state index < -0.39 is 0 Å². The number of rotatable bonds is 0. The molecule has 0 fully saturated rings. The first-order valence-corrected chi connectivity index (χ1v) is 13.2. The standard InChI is InChI=1S/C35H26/c1-19-22-7-4-5-9-25(22)27-15-17-31-28-11-10-21-18-20-6-2-3-8-24(20)26-14-16-29(34(28)32(21)26)30-13-12-23(19)33(27)35(30)31/h2,4-7,9-18,29-30,33,35H,3,8H2,1H3. The highest BCUT2D eigenvalue weighted by Crippen LogP contribution is 2.62. The van der Waals surface area contributed by atoms with Crippen molar-refractivity contribution in [3.63, 3.8) is 0 Å². The van der Waals surface area contributed by atoms with Crippen molar-refractivity contribution < 1.29 is 0 Å². The molecule has 0 spiro atoms.